The van der Waals surface area contributed by atoms with Gasteiger partial charge in [0.2, 0.25) is 15.0 Å². The van der Waals surface area contributed by atoms with Crippen molar-refractivity contribution in [2.45, 2.75) is 25.1 Å². The number of benzene rings is 1. The van der Waals surface area contributed by atoms with E-state index in [9.17, 15) is 13.2 Å². The van der Waals surface area contributed by atoms with Gasteiger partial charge in [-0.1, -0.05) is 22.0 Å². The normalized spacial score (nSPS) is 20.1. The minimum atomic E-state index is -3.68. The molecule has 1 atom stereocenters. The van der Waals surface area contributed by atoms with Crippen LogP contribution in [0.15, 0.2) is 22.7 Å². The van der Waals surface area contributed by atoms with Crippen molar-refractivity contribution in [3.8, 4) is 0 Å². The van der Waals surface area contributed by atoms with Crippen molar-refractivity contribution in [1.82, 2.24) is 4.90 Å². The highest BCUT2D eigenvalue weighted by Gasteiger charge is 2.37. The minimum Gasteiger partial charge on any atom is -0.337 e. The lowest BCUT2D eigenvalue weighted by molar-refractivity contribution is -0.128. The zero-order chi connectivity index (χ0) is 14.2. The van der Waals surface area contributed by atoms with Crippen molar-refractivity contribution >= 4 is 41.6 Å². The van der Waals surface area contributed by atoms with Gasteiger partial charge in [0.05, 0.1) is 0 Å². The summed E-state index contributed by atoms with van der Waals surface area (Å²) in [7, 11) is 1.64. The molecule has 104 valence electrons. The first kappa shape index (κ1) is 14.8. The van der Waals surface area contributed by atoms with Crippen molar-refractivity contribution < 1.29 is 13.2 Å². The summed E-state index contributed by atoms with van der Waals surface area (Å²) in [6.45, 7) is 2.54. The molecule has 1 aromatic carbocycles. The molecule has 1 unspecified atom stereocenters. The van der Waals surface area contributed by atoms with Crippen LogP contribution in [0.2, 0.25) is 0 Å². The molecule has 0 spiro atoms. The number of hydrogen-bond acceptors (Lipinski definition) is 3. The summed E-state index contributed by atoms with van der Waals surface area (Å²) in [5.74, 6) is -0.170. The van der Waals surface area contributed by atoms with Crippen LogP contribution in [0.1, 0.15) is 17.5 Å². The standard InChI is InChI=1S/C12H13BrClNO3S/c1-8-4-10(13)3-2-9(8)6-15-7-11(5-12(15)16)19(14,17)18/h2-4,11H,5-7H2,1H3. The third-order valence-corrected chi connectivity index (χ3v) is 5.60. The van der Waals surface area contributed by atoms with E-state index in [0.29, 0.717) is 6.54 Å². The van der Waals surface area contributed by atoms with Gasteiger partial charge in [0, 0.05) is 34.7 Å². The van der Waals surface area contributed by atoms with Gasteiger partial charge in [0.15, 0.2) is 0 Å². The fourth-order valence-electron chi connectivity index (χ4n) is 2.12. The first-order valence-electron chi connectivity index (χ1n) is 5.73. The Bertz CT molecular complexity index is 617. The number of carbonyl (C=O) groups excluding carboxylic acids is 1. The molecule has 0 N–H and O–H groups in total. The van der Waals surface area contributed by atoms with E-state index in [4.69, 9.17) is 10.7 Å². The molecule has 7 heteroatoms. The van der Waals surface area contributed by atoms with E-state index in [1.54, 1.807) is 4.90 Å². The molecular weight excluding hydrogens is 354 g/mol. The van der Waals surface area contributed by atoms with E-state index in [1.165, 1.54) is 0 Å². The maximum absolute atomic E-state index is 11.8. The van der Waals surface area contributed by atoms with E-state index < -0.39 is 14.3 Å². The number of amides is 1. The van der Waals surface area contributed by atoms with Gasteiger partial charge in [0.1, 0.15) is 5.25 Å². The summed E-state index contributed by atoms with van der Waals surface area (Å²) >= 11 is 3.38. The summed E-state index contributed by atoms with van der Waals surface area (Å²) in [5.41, 5.74) is 2.06. The van der Waals surface area contributed by atoms with Crippen LogP contribution in [0.4, 0.5) is 0 Å². The topological polar surface area (TPSA) is 54.5 Å². The van der Waals surface area contributed by atoms with Crippen LogP contribution in [0, 0.1) is 6.92 Å². The molecule has 0 aromatic heterocycles. The average molecular weight is 367 g/mol. The first-order chi connectivity index (χ1) is 8.77. The van der Waals surface area contributed by atoms with Gasteiger partial charge >= 0.3 is 0 Å². The predicted molar refractivity (Wildman–Crippen MR) is 77.5 cm³/mol. The van der Waals surface area contributed by atoms with Crippen LogP contribution >= 0.6 is 26.6 Å². The molecule has 1 aliphatic rings. The first-order valence-corrected chi connectivity index (χ1v) is 8.90. The van der Waals surface area contributed by atoms with E-state index in [1.807, 2.05) is 25.1 Å². The summed E-state index contributed by atoms with van der Waals surface area (Å²) in [6.07, 6.45) is -0.0264. The highest BCUT2D eigenvalue weighted by atomic mass is 79.9. The second-order valence-corrected chi connectivity index (χ2v) is 8.47. The van der Waals surface area contributed by atoms with Crippen LogP contribution < -0.4 is 0 Å². The summed E-state index contributed by atoms with van der Waals surface area (Å²) < 4.78 is 23.5. The predicted octanol–water partition coefficient (Wildman–Crippen LogP) is 2.43. The molecule has 2 rings (SSSR count). The van der Waals surface area contributed by atoms with Gasteiger partial charge in [-0.3, -0.25) is 4.79 Å². The monoisotopic (exact) mass is 365 g/mol. The molecule has 0 bridgehead atoms. The quantitative estimate of drug-likeness (QED) is 0.772. The Balaban J connectivity index is 2.14. The molecule has 1 amide bonds. The molecule has 1 aliphatic heterocycles. The summed E-state index contributed by atoms with van der Waals surface area (Å²) in [6, 6.07) is 5.79. The fraction of sp³-hybridized carbons (Fsp3) is 0.417. The number of carbonyl (C=O) groups is 1. The fourth-order valence-corrected chi connectivity index (χ4v) is 3.65. The van der Waals surface area contributed by atoms with Crippen molar-refractivity contribution in [2.75, 3.05) is 6.54 Å². The molecule has 1 heterocycles. The van der Waals surface area contributed by atoms with Crippen molar-refractivity contribution in [2.24, 2.45) is 0 Å². The zero-order valence-electron chi connectivity index (χ0n) is 10.3. The lowest BCUT2D eigenvalue weighted by Gasteiger charge is -2.17. The molecule has 1 aromatic rings. The van der Waals surface area contributed by atoms with Gasteiger partial charge in [-0.15, -0.1) is 0 Å². The largest absolute Gasteiger partial charge is 0.337 e. The van der Waals surface area contributed by atoms with Crippen molar-refractivity contribution in [3.63, 3.8) is 0 Å². The number of hydrogen-bond donors (Lipinski definition) is 0. The van der Waals surface area contributed by atoms with Crippen molar-refractivity contribution in [3.05, 3.63) is 33.8 Å². The maximum Gasteiger partial charge on any atom is 0.237 e. The number of aryl methyl sites for hydroxylation is 1. The Morgan fingerprint density at radius 2 is 2.16 bits per heavy atom. The molecule has 0 saturated carbocycles. The molecule has 4 nitrogen and oxygen atoms in total. The Morgan fingerprint density at radius 1 is 1.47 bits per heavy atom. The smallest absolute Gasteiger partial charge is 0.237 e. The van der Waals surface area contributed by atoms with Crippen LogP contribution in [0.25, 0.3) is 0 Å². The van der Waals surface area contributed by atoms with Crippen molar-refractivity contribution in [1.29, 1.82) is 0 Å². The van der Waals surface area contributed by atoms with Gasteiger partial charge in [-0.2, -0.15) is 0 Å². The van der Waals surface area contributed by atoms with E-state index in [0.717, 1.165) is 15.6 Å². The lowest BCUT2D eigenvalue weighted by atomic mass is 10.1. The minimum absolute atomic E-state index is 0.0264. The van der Waals surface area contributed by atoms with Gasteiger partial charge < -0.3 is 4.90 Å². The number of likely N-dealkylation sites (tertiary alicyclic amines) is 1. The third-order valence-electron chi connectivity index (χ3n) is 3.24. The van der Waals surface area contributed by atoms with Crippen LogP contribution in [-0.4, -0.2) is 31.0 Å². The van der Waals surface area contributed by atoms with E-state index in [-0.39, 0.29) is 18.9 Å². The zero-order valence-corrected chi connectivity index (χ0v) is 13.4. The third kappa shape index (κ3) is 3.49. The number of halogens is 2. The summed E-state index contributed by atoms with van der Waals surface area (Å²) in [5, 5.41) is -0.794. The van der Waals surface area contributed by atoms with Gasteiger partial charge in [0.25, 0.3) is 0 Å². The lowest BCUT2D eigenvalue weighted by Crippen LogP contribution is -2.26. The van der Waals surface area contributed by atoms with Crippen LogP contribution in [0.3, 0.4) is 0 Å². The Labute approximate surface area is 125 Å². The molecule has 19 heavy (non-hydrogen) atoms. The second-order valence-electron chi connectivity index (χ2n) is 4.65. The molecular formula is C12H13BrClNO3S. The Morgan fingerprint density at radius 3 is 2.68 bits per heavy atom. The van der Waals surface area contributed by atoms with Gasteiger partial charge in [-0.05, 0) is 30.2 Å². The molecule has 0 radical (unpaired) electrons. The molecule has 1 fully saturated rings. The summed E-state index contributed by atoms with van der Waals surface area (Å²) in [4.78, 5) is 13.4. The molecule has 1 saturated heterocycles. The molecule has 0 aliphatic carbocycles. The highest BCUT2D eigenvalue weighted by molar-refractivity contribution is 9.10. The number of nitrogens with zero attached hydrogens (tertiary/aromatic N) is 1. The Hall–Kier alpha value is -0.590. The van der Waals surface area contributed by atoms with E-state index >= 15 is 0 Å². The van der Waals surface area contributed by atoms with E-state index in [2.05, 4.69) is 15.9 Å². The average Bonchev–Trinajstić information content (AvgIpc) is 2.64. The number of rotatable bonds is 3. The maximum atomic E-state index is 11.8. The Kier molecular flexibility index (Phi) is 4.23. The highest BCUT2D eigenvalue weighted by Crippen LogP contribution is 2.24. The second kappa shape index (κ2) is 5.42. The SMILES string of the molecule is Cc1cc(Br)ccc1CN1CC(S(=O)(=O)Cl)CC1=O. The van der Waals surface area contributed by atoms with Gasteiger partial charge in [-0.25, -0.2) is 8.42 Å². The van der Waals surface area contributed by atoms with Crippen LogP contribution in [-0.2, 0) is 20.4 Å². The van der Waals surface area contributed by atoms with Crippen LogP contribution in [0.5, 0.6) is 0 Å².